The summed E-state index contributed by atoms with van der Waals surface area (Å²) in [6, 6.07) is 18.0. The predicted octanol–water partition coefficient (Wildman–Crippen LogP) is 2.90. The van der Waals surface area contributed by atoms with Crippen LogP contribution in [0.4, 0.5) is 0 Å². The summed E-state index contributed by atoms with van der Waals surface area (Å²) in [7, 11) is 1.65. The molecule has 0 atom stereocenters. The van der Waals surface area contributed by atoms with Crippen LogP contribution in [-0.4, -0.2) is 23.1 Å². The summed E-state index contributed by atoms with van der Waals surface area (Å²) in [6.45, 7) is 0.691. The molecule has 3 aromatic rings. The standard InChI is InChI=1S/C18H18N4O/c1-23-17-9-5-8-15(10-17)18-16(11-20-19)13-22(21-18)12-14-6-3-2-4-7-14/h2-11,13H,12,19H2,1H3/b20-11-. The fourth-order valence-electron chi connectivity index (χ4n) is 2.46. The number of benzene rings is 2. The van der Waals surface area contributed by atoms with E-state index in [2.05, 4.69) is 22.3 Å². The van der Waals surface area contributed by atoms with E-state index >= 15 is 0 Å². The van der Waals surface area contributed by atoms with Gasteiger partial charge in [0.05, 0.1) is 19.9 Å². The minimum absolute atomic E-state index is 0.691. The van der Waals surface area contributed by atoms with Gasteiger partial charge in [0.1, 0.15) is 11.4 Å². The van der Waals surface area contributed by atoms with Crippen molar-refractivity contribution in [2.45, 2.75) is 6.54 Å². The molecule has 2 aromatic carbocycles. The van der Waals surface area contributed by atoms with Crippen molar-refractivity contribution in [2.24, 2.45) is 10.9 Å². The van der Waals surface area contributed by atoms with Gasteiger partial charge in [-0.3, -0.25) is 4.68 Å². The third-order valence-electron chi connectivity index (χ3n) is 3.53. The summed E-state index contributed by atoms with van der Waals surface area (Å²) in [5.41, 5.74) is 3.85. The molecular weight excluding hydrogens is 288 g/mol. The second-order valence-electron chi connectivity index (χ2n) is 5.13. The highest BCUT2D eigenvalue weighted by Crippen LogP contribution is 2.25. The van der Waals surface area contributed by atoms with Gasteiger partial charge < -0.3 is 10.6 Å². The number of hydrazone groups is 1. The number of ether oxygens (including phenoxy) is 1. The number of methoxy groups -OCH3 is 1. The molecule has 0 radical (unpaired) electrons. The highest BCUT2D eigenvalue weighted by Gasteiger charge is 2.11. The number of rotatable bonds is 5. The van der Waals surface area contributed by atoms with Crippen LogP contribution in [0.2, 0.25) is 0 Å². The second kappa shape index (κ2) is 6.79. The van der Waals surface area contributed by atoms with Crippen LogP contribution < -0.4 is 10.6 Å². The molecule has 1 heterocycles. The minimum Gasteiger partial charge on any atom is -0.497 e. The van der Waals surface area contributed by atoms with Crippen molar-refractivity contribution >= 4 is 6.21 Å². The number of hydrogen-bond acceptors (Lipinski definition) is 4. The van der Waals surface area contributed by atoms with Crippen LogP contribution in [-0.2, 0) is 6.54 Å². The zero-order chi connectivity index (χ0) is 16.1. The Morgan fingerprint density at radius 2 is 2.00 bits per heavy atom. The molecule has 5 heteroatoms. The number of nitrogens with two attached hydrogens (primary N) is 1. The monoisotopic (exact) mass is 306 g/mol. The lowest BCUT2D eigenvalue weighted by Crippen LogP contribution is -2.00. The first-order valence-electron chi connectivity index (χ1n) is 7.29. The molecule has 0 aliphatic carbocycles. The van der Waals surface area contributed by atoms with Gasteiger partial charge >= 0.3 is 0 Å². The molecule has 3 rings (SSSR count). The largest absolute Gasteiger partial charge is 0.497 e. The molecule has 2 N–H and O–H groups in total. The molecule has 0 saturated carbocycles. The Morgan fingerprint density at radius 3 is 2.74 bits per heavy atom. The highest BCUT2D eigenvalue weighted by atomic mass is 16.5. The van der Waals surface area contributed by atoms with Gasteiger partial charge in [0.2, 0.25) is 0 Å². The molecule has 0 aliphatic heterocycles. The molecule has 23 heavy (non-hydrogen) atoms. The van der Waals surface area contributed by atoms with E-state index in [4.69, 9.17) is 10.6 Å². The van der Waals surface area contributed by atoms with Gasteiger partial charge in [-0.15, -0.1) is 0 Å². The third kappa shape index (κ3) is 3.40. The number of hydrogen-bond donors (Lipinski definition) is 1. The smallest absolute Gasteiger partial charge is 0.119 e. The van der Waals surface area contributed by atoms with Gasteiger partial charge in [-0.05, 0) is 17.7 Å². The fourth-order valence-corrected chi connectivity index (χ4v) is 2.46. The second-order valence-corrected chi connectivity index (χ2v) is 5.13. The van der Waals surface area contributed by atoms with E-state index in [1.807, 2.05) is 53.3 Å². The molecule has 1 aromatic heterocycles. The van der Waals surface area contributed by atoms with Crippen molar-refractivity contribution in [2.75, 3.05) is 7.11 Å². The summed E-state index contributed by atoms with van der Waals surface area (Å²) < 4.78 is 7.18. The summed E-state index contributed by atoms with van der Waals surface area (Å²) >= 11 is 0. The van der Waals surface area contributed by atoms with E-state index in [9.17, 15) is 0 Å². The van der Waals surface area contributed by atoms with Crippen LogP contribution in [0.1, 0.15) is 11.1 Å². The zero-order valence-corrected chi connectivity index (χ0v) is 12.9. The van der Waals surface area contributed by atoms with E-state index < -0.39 is 0 Å². The first kappa shape index (κ1) is 14.8. The maximum atomic E-state index is 5.33. The van der Waals surface area contributed by atoms with E-state index in [-0.39, 0.29) is 0 Å². The van der Waals surface area contributed by atoms with Gasteiger partial charge in [-0.2, -0.15) is 10.2 Å². The van der Waals surface area contributed by atoms with Crippen LogP contribution in [0.25, 0.3) is 11.3 Å². The van der Waals surface area contributed by atoms with Gasteiger partial charge in [0.15, 0.2) is 0 Å². The number of nitrogens with zero attached hydrogens (tertiary/aromatic N) is 3. The van der Waals surface area contributed by atoms with E-state index in [1.54, 1.807) is 13.3 Å². The molecule has 0 amide bonds. The van der Waals surface area contributed by atoms with Crippen LogP contribution >= 0.6 is 0 Å². The van der Waals surface area contributed by atoms with Crippen LogP contribution in [0, 0.1) is 0 Å². The molecule has 116 valence electrons. The van der Waals surface area contributed by atoms with E-state index in [1.165, 1.54) is 5.56 Å². The molecular formula is C18H18N4O. The molecule has 0 saturated heterocycles. The highest BCUT2D eigenvalue weighted by molar-refractivity contribution is 5.88. The topological polar surface area (TPSA) is 65.4 Å². The maximum Gasteiger partial charge on any atom is 0.119 e. The van der Waals surface area contributed by atoms with E-state index in [0.29, 0.717) is 6.54 Å². The average Bonchev–Trinajstić information content (AvgIpc) is 2.99. The fraction of sp³-hybridized carbons (Fsp3) is 0.111. The van der Waals surface area contributed by atoms with Crippen molar-refractivity contribution in [1.29, 1.82) is 0 Å². The maximum absolute atomic E-state index is 5.33. The first-order chi connectivity index (χ1) is 11.3. The molecule has 0 bridgehead atoms. The first-order valence-corrected chi connectivity index (χ1v) is 7.29. The Hall–Kier alpha value is -3.08. The minimum atomic E-state index is 0.691. The lowest BCUT2D eigenvalue weighted by Gasteiger charge is -2.03. The van der Waals surface area contributed by atoms with Gasteiger partial charge in [-0.25, -0.2) is 0 Å². The van der Waals surface area contributed by atoms with Crippen molar-refractivity contribution in [3.05, 3.63) is 71.9 Å². The third-order valence-corrected chi connectivity index (χ3v) is 3.53. The van der Waals surface area contributed by atoms with Crippen LogP contribution in [0.3, 0.4) is 0 Å². The summed E-state index contributed by atoms with van der Waals surface area (Å²) in [5, 5.41) is 8.33. The molecule has 0 aliphatic rings. The predicted molar refractivity (Wildman–Crippen MR) is 91.5 cm³/mol. The van der Waals surface area contributed by atoms with Crippen LogP contribution in [0.5, 0.6) is 5.75 Å². The summed E-state index contributed by atoms with van der Waals surface area (Å²) in [6.07, 6.45) is 3.56. The molecule has 0 fully saturated rings. The van der Waals surface area contributed by atoms with Gasteiger partial charge in [0.25, 0.3) is 0 Å². The van der Waals surface area contributed by atoms with Crippen LogP contribution in [0.15, 0.2) is 65.9 Å². The zero-order valence-electron chi connectivity index (χ0n) is 12.9. The summed E-state index contributed by atoms with van der Waals surface area (Å²) in [5.74, 6) is 6.12. The SMILES string of the molecule is COc1cccc(-c2nn(Cc3ccccc3)cc2/C=N\N)c1. The van der Waals surface area contributed by atoms with Crippen molar-refractivity contribution < 1.29 is 4.74 Å². The quantitative estimate of drug-likeness (QED) is 0.448. The Balaban J connectivity index is 1.98. The average molecular weight is 306 g/mol. The molecule has 0 unspecified atom stereocenters. The molecule has 5 nitrogen and oxygen atoms in total. The summed E-state index contributed by atoms with van der Waals surface area (Å²) in [4.78, 5) is 0. The normalized spacial score (nSPS) is 11.0. The Labute approximate surface area is 135 Å². The Bertz CT molecular complexity index is 809. The van der Waals surface area contributed by atoms with Crippen molar-refractivity contribution in [1.82, 2.24) is 9.78 Å². The van der Waals surface area contributed by atoms with Gasteiger partial charge in [-0.1, -0.05) is 42.5 Å². The van der Waals surface area contributed by atoms with Gasteiger partial charge in [0, 0.05) is 17.3 Å². The Morgan fingerprint density at radius 1 is 1.17 bits per heavy atom. The lowest BCUT2D eigenvalue weighted by molar-refractivity contribution is 0.415. The van der Waals surface area contributed by atoms with Crippen molar-refractivity contribution in [3.63, 3.8) is 0 Å². The lowest BCUT2D eigenvalue weighted by atomic mass is 10.1. The number of aromatic nitrogens is 2. The van der Waals surface area contributed by atoms with Crippen molar-refractivity contribution in [3.8, 4) is 17.0 Å². The molecule has 0 spiro atoms. The Kier molecular flexibility index (Phi) is 4.38. The van der Waals surface area contributed by atoms with E-state index in [0.717, 1.165) is 22.6 Å².